The van der Waals surface area contributed by atoms with Gasteiger partial charge in [-0.2, -0.15) is 0 Å². The molecule has 1 aliphatic carbocycles. The molecule has 1 fully saturated rings. The van der Waals surface area contributed by atoms with Crippen LogP contribution in [0.5, 0.6) is 11.5 Å². The predicted octanol–water partition coefficient (Wildman–Crippen LogP) is 3.78. The van der Waals surface area contributed by atoms with Crippen molar-refractivity contribution < 1.29 is 14.3 Å². The molecular formula is C19H29BrN2O3. The molecule has 0 aromatic heterocycles. The average molecular weight is 413 g/mol. The molecule has 1 amide bonds. The number of hydrogen-bond acceptors (Lipinski definition) is 4. The lowest BCUT2D eigenvalue weighted by Gasteiger charge is -2.21. The second-order valence-electron chi connectivity index (χ2n) is 7.54. The Morgan fingerprint density at radius 2 is 1.92 bits per heavy atom. The molecular weight excluding hydrogens is 384 g/mol. The van der Waals surface area contributed by atoms with Gasteiger partial charge >= 0.3 is 0 Å². The zero-order valence-electron chi connectivity index (χ0n) is 15.6. The fraction of sp³-hybridized carbons (Fsp3) is 0.632. The minimum atomic E-state index is -0.277. The Morgan fingerprint density at radius 3 is 2.52 bits per heavy atom. The van der Waals surface area contributed by atoms with E-state index in [1.165, 1.54) is 25.7 Å². The largest absolute Gasteiger partial charge is 0.493 e. The van der Waals surface area contributed by atoms with Gasteiger partial charge in [0.15, 0.2) is 18.1 Å². The number of carbonyl (C=O) groups excluding carboxylic acids is 1. The number of nitrogens with one attached hydrogen (secondary N) is 2. The minimum absolute atomic E-state index is 0.0419. The number of hydrogen-bond donors (Lipinski definition) is 2. The first kappa shape index (κ1) is 20.0. The van der Waals surface area contributed by atoms with E-state index in [2.05, 4.69) is 26.6 Å². The average Bonchev–Trinajstić information content (AvgIpc) is 3.03. The van der Waals surface area contributed by atoms with E-state index in [-0.39, 0.29) is 18.1 Å². The normalized spacial score (nSPS) is 15.2. The molecule has 2 N–H and O–H groups in total. The van der Waals surface area contributed by atoms with Gasteiger partial charge in [0.2, 0.25) is 0 Å². The van der Waals surface area contributed by atoms with Crippen molar-refractivity contribution in [2.45, 2.75) is 64.6 Å². The summed E-state index contributed by atoms with van der Waals surface area (Å²) >= 11 is 3.60. The fourth-order valence-corrected chi connectivity index (χ4v) is 3.43. The SMILES string of the molecule is COc1cc(CNC2CCCC2)c(Br)cc1OCC(=O)NC(C)(C)C. The topological polar surface area (TPSA) is 59.6 Å². The number of amides is 1. The van der Waals surface area contributed by atoms with Crippen molar-refractivity contribution in [2.75, 3.05) is 13.7 Å². The molecule has 0 atom stereocenters. The van der Waals surface area contributed by atoms with Crippen LogP contribution in [-0.4, -0.2) is 31.2 Å². The van der Waals surface area contributed by atoms with Gasteiger partial charge in [-0.1, -0.05) is 28.8 Å². The summed E-state index contributed by atoms with van der Waals surface area (Å²) in [5, 5.41) is 6.47. The van der Waals surface area contributed by atoms with Crippen molar-refractivity contribution in [3.05, 3.63) is 22.2 Å². The van der Waals surface area contributed by atoms with E-state index in [9.17, 15) is 4.79 Å². The highest BCUT2D eigenvalue weighted by atomic mass is 79.9. The molecule has 2 rings (SSSR count). The summed E-state index contributed by atoms with van der Waals surface area (Å²) in [6.45, 7) is 6.56. The first-order chi connectivity index (χ1) is 11.8. The quantitative estimate of drug-likeness (QED) is 0.714. The second kappa shape index (κ2) is 8.90. The van der Waals surface area contributed by atoms with E-state index in [0.29, 0.717) is 17.5 Å². The third-order valence-corrected chi connectivity index (χ3v) is 4.88. The summed E-state index contributed by atoms with van der Waals surface area (Å²) in [4.78, 5) is 11.9. The van der Waals surface area contributed by atoms with Crippen molar-refractivity contribution in [1.82, 2.24) is 10.6 Å². The second-order valence-corrected chi connectivity index (χ2v) is 8.40. The lowest BCUT2D eigenvalue weighted by molar-refractivity contribution is -0.124. The van der Waals surface area contributed by atoms with Gasteiger partial charge in [-0.15, -0.1) is 0 Å². The van der Waals surface area contributed by atoms with E-state index in [0.717, 1.165) is 16.6 Å². The molecule has 140 valence electrons. The first-order valence-electron chi connectivity index (χ1n) is 8.82. The Morgan fingerprint density at radius 1 is 1.24 bits per heavy atom. The van der Waals surface area contributed by atoms with E-state index in [1.54, 1.807) is 7.11 Å². The van der Waals surface area contributed by atoms with Crippen molar-refractivity contribution in [3.63, 3.8) is 0 Å². The molecule has 0 saturated heterocycles. The fourth-order valence-electron chi connectivity index (χ4n) is 2.97. The molecule has 0 heterocycles. The molecule has 1 aromatic rings. The van der Waals surface area contributed by atoms with Crippen LogP contribution in [0, 0.1) is 0 Å². The standard InChI is InChI=1S/C19H29BrN2O3/c1-19(2,3)22-18(23)12-25-17-10-15(20)13(9-16(17)24-4)11-21-14-7-5-6-8-14/h9-10,14,21H,5-8,11-12H2,1-4H3,(H,22,23). The lowest BCUT2D eigenvalue weighted by Crippen LogP contribution is -2.43. The Kier molecular flexibility index (Phi) is 7.14. The monoisotopic (exact) mass is 412 g/mol. The van der Waals surface area contributed by atoms with Crippen LogP contribution in [-0.2, 0) is 11.3 Å². The molecule has 5 nitrogen and oxygen atoms in total. The minimum Gasteiger partial charge on any atom is -0.493 e. The van der Waals surface area contributed by atoms with Crippen LogP contribution in [0.25, 0.3) is 0 Å². The van der Waals surface area contributed by atoms with E-state index >= 15 is 0 Å². The number of rotatable bonds is 7. The molecule has 1 aliphatic rings. The van der Waals surface area contributed by atoms with Gasteiger partial charge in [-0.25, -0.2) is 0 Å². The van der Waals surface area contributed by atoms with Crippen LogP contribution >= 0.6 is 15.9 Å². The number of halogens is 1. The Labute approximate surface area is 159 Å². The molecule has 0 radical (unpaired) electrons. The summed E-state index contributed by atoms with van der Waals surface area (Å²) in [7, 11) is 1.61. The third kappa shape index (κ3) is 6.51. The zero-order valence-corrected chi connectivity index (χ0v) is 17.2. The maximum Gasteiger partial charge on any atom is 0.258 e. The number of benzene rings is 1. The molecule has 0 aliphatic heterocycles. The van der Waals surface area contributed by atoms with Crippen molar-refractivity contribution >= 4 is 21.8 Å². The highest BCUT2D eigenvalue weighted by Gasteiger charge is 2.18. The van der Waals surface area contributed by atoms with Gasteiger partial charge in [0.1, 0.15) is 0 Å². The summed E-state index contributed by atoms with van der Waals surface area (Å²) in [5.74, 6) is 1.04. The van der Waals surface area contributed by atoms with E-state index in [4.69, 9.17) is 9.47 Å². The molecule has 0 spiro atoms. The molecule has 1 saturated carbocycles. The van der Waals surface area contributed by atoms with Crippen LogP contribution in [0.4, 0.5) is 0 Å². The van der Waals surface area contributed by atoms with Crippen LogP contribution < -0.4 is 20.1 Å². The molecule has 1 aromatic carbocycles. The summed E-state index contributed by atoms with van der Waals surface area (Å²) in [6.07, 6.45) is 5.12. The van der Waals surface area contributed by atoms with Gasteiger partial charge in [-0.05, 0) is 51.3 Å². The highest BCUT2D eigenvalue weighted by Crippen LogP contribution is 2.34. The van der Waals surface area contributed by atoms with Gasteiger partial charge in [0, 0.05) is 22.6 Å². The van der Waals surface area contributed by atoms with Gasteiger partial charge in [0.05, 0.1) is 7.11 Å². The zero-order chi connectivity index (χ0) is 18.4. The highest BCUT2D eigenvalue weighted by molar-refractivity contribution is 9.10. The van der Waals surface area contributed by atoms with Gasteiger partial charge in [-0.3, -0.25) is 4.79 Å². The van der Waals surface area contributed by atoms with Crippen LogP contribution in [0.15, 0.2) is 16.6 Å². The van der Waals surface area contributed by atoms with Crippen LogP contribution in [0.3, 0.4) is 0 Å². The van der Waals surface area contributed by atoms with Gasteiger partial charge < -0.3 is 20.1 Å². The van der Waals surface area contributed by atoms with E-state index in [1.807, 2.05) is 32.9 Å². The lowest BCUT2D eigenvalue weighted by atomic mass is 10.1. The Hall–Kier alpha value is -1.27. The van der Waals surface area contributed by atoms with Crippen LogP contribution in [0.1, 0.15) is 52.0 Å². The number of ether oxygens (including phenoxy) is 2. The predicted molar refractivity (Wildman–Crippen MR) is 103 cm³/mol. The summed E-state index contributed by atoms with van der Waals surface area (Å²) in [5.41, 5.74) is 0.844. The van der Waals surface area contributed by atoms with Crippen molar-refractivity contribution in [2.24, 2.45) is 0 Å². The number of methoxy groups -OCH3 is 1. The number of carbonyl (C=O) groups is 1. The van der Waals surface area contributed by atoms with Crippen molar-refractivity contribution in [1.29, 1.82) is 0 Å². The Bertz CT molecular complexity index is 593. The maximum absolute atomic E-state index is 11.9. The molecule has 0 unspecified atom stereocenters. The smallest absolute Gasteiger partial charge is 0.258 e. The molecule has 0 bridgehead atoms. The maximum atomic E-state index is 11.9. The van der Waals surface area contributed by atoms with E-state index < -0.39 is 0 Å². The molecule has 6 heteroatoms. The first-order valence-corrected chi connectivity index (χ1v) is 9.61. The third-order valence-electron chi connectivity index (χ3n) is 4.14. The summed E-state index contributed by atoms with van der Waals surface area (Å²) < 4.78 is 12.1. The van der Waals surface area contributed by atoms with Gasteiger partial charge in [0.25, 0.3) is 5.91 Å². The summed E-state index contributed by atoms with van der Waals surface area (Å²) in [6, 6.07) is 4.44. The van der Waals surface area contributed by atoms with Crippen LogP contribution in [0.2, 0.25) is 0 Å². The van der Waals surface area contributed by atoms with Crippen molar-refractivity contribution in [3.8, 4) is 11.5 Å². The molecule has 25 heavy (non-hydrogen) atoms. The Balaban J connectivity index is 1.98.